The molecule has 0 radical (unpaired) electrons. The Balaban J connectivity index is 2.67. The van der Waals surface area contributed by atoms with Gasteiger partial charge in [-0.1, -0.05) is 59.0 Å². The largest absolute Gasteiger partial charge is 0.0689 e. The Kier molecular flexibility index (Phi) is 3.39. The van der Waals surface area contributed by atoms with Gasteiger partial charge in [0.1, 0.15) is 0 Å². The standard InChI is InChI=1S/C11H24Si/c1-5-10-8-7-9-11(6-2)12(10,3)4/h10-11H,5-9H2,1-4H3. The van der Waals surface area contributed by atoms with Gasteiger partial charge in [0, 0.05) is 0 Å². The van der Waals surface area contributed by atoms with Crippen molar-refractivity contribution in [1.29, 1.82) is 0 Å². The SMILES string of the molecule is CCC1CCCC(CC)[Si]1(C)C. The van der Waals surface area contributed by atoms with Crippen LogP contribution in [0.1, 0.15) is 46.0 Å². The molecule has 0 amide bonds. The second-order valence-corrected chi connectivity index (χ2v) is 10.2. The highest BCUT2D eigenvalue weighted by molar-refractivity contribution is 6.80. The highest BCUT2D eigenvalue weighted by Gasteiger charge is 2.39. The van der Waals surface area contributed by atoms with Crippen LogP contribution in [-0.4, -0.2) is 8.07 Å². The molecule has 0 saturated carbocycles. The van der Waals surface area contributed by atoms with Gasteiger partial charge in [-0.25, -0.2) is 0 Å². The van der Waals surface area contributed by atoms with Crippen molar-refractivity contribution in [2.75, 3.05) is 0 Å². The van der Waals surface area contributed by atoms with E-state index < -0.39 is 8.07 Å². The van der Waals surface area contributed by atoms with E-state index in [1.807, 2.05) is 0 Å². The number of hydrogen-bond acceptors (Lipinski definition) is 0. The monoisotopic (exact) mass is 184 g/mol. The van der Waals surface area contributed by atoms with Crippen LogP contribution >= 0.6 is 0 Å². The first kappa shape index (κ1) is 10.3. The number of rotatable bonds is 2. The molecule has 1 heteroatoms. The molecule has 2 atom stereocenters. The fourth-order valence-electron chi connectivity index (χ4n) is 3.15. The van der Waals surface area contributed by atoms with E-state index in [1.165, 1.54) is 32.1 Å². The summed E-state index contributed by atoms with van der Waals surface area (Å²) >= 11 is 0. The quantitative estimate of drug-likeness (QED) is 0.557. The van der Waals surface area contributed by atoms with Crippen molar-refractivity contribution in [3.63, 3.8) is 0 Å². The Hall–Kier alpha value is 0.217. The molecule has 0 bridgehead atoms. The van der Waals surface area contributed by atoms with Gasteiger partial charge in [-0.05, 0) is 11.1 Å². The maximum Gasteiger partial charge on any atom is 0.0535 e. The summed E-state index contributed by atoms with van der Waals surface area (Å²) in [4.78, 5) is 0. The molecule has 72 valence electrons. The molecule has 1 saturated heterocycles. The van der Waals surface area contributed by atoms with Gasteiger partial charge in [0.05, 0.1) is 8.07 Å². The summed E-state index contributed by atoms with van der Waals surface area (Å²) in [6.07, 6.45) is 7.46. The van der Waals surface area contributed by atoms with Gasteiger partial charge in [-0.3, -0.25) is 0 Å². The van der Waals surface area contributed by atoms with E-state index in [4.69, 9.17) is 0 Å². The summed E-state index contributed by atoms with van der Waals surface area (Å²) in [7, 11) is -0.849. The van der Waals surface area contributed by atoms with E-state index in [0.717, 1.165) is 11.1 Å². The van der Waals surface area contributed by atoms with Crippen molar-refractivity contribution in [2.24, 2.45) is 0 Å². The van der Waals surface area contributed by atoms with Crippen LogP contribution in [0, 0.1) is 0 Å². The minimum absolute atomic E-state index is 0.849. The average Bonchev–Trinajstić information content (AvgIpc) is 2.03. The number of hydrogen-bond donors (Lipinski definition) is 0. The Bertz CT molecular complexity index is 126. The van der Waals surface area contributed by atoms with Crippen molar-refractivity contribution in [2.45, 2.75) is 70.1 Å². The second-order valence-electron chi connectivity index (χ2n) is 4.96. The van der Waals surface area contributed by atoms with Gasteiger partial charge in [0.15, 0.2) is 0 Å². The van der Waals surface area contributed by atoms with Crippen LogP contribution in [0.3, 0.4) is 0 Å². The van der Waals surface area contributed by atoms with Gasteiger partial charge in [0.2, 0.25) is 0 Å². The molecule has 1 rings (SSSR count). The Morgan fingerprint density at radius 2 is 1.42 bits per heavy atom. The van der Waals surface area contributed by atoms with Crippen LogP contribution < -0.4 is 0 Å². The van der Waals surface area contributed by atoms with E-state index in [0.29, 0.717) is 0 Å². The van der Waals surface area contributed by atoms with E-state index in [2.05, 4.69) is 26.9 Å². The van der Waals surface area contributed by atoms with Crippen LogP contribution in [0.5, 0.6) is 0 Å². The minimum Gasteiger partial charge on any atom is -0.0689 e. The van der Waals surface area contributed by atoms with E-state index >= 15 is 0 Å². The van der Waals surface area contributed by atoms with E-state index in [-0.39, 0.29) is 0 Å². The summed E-state index contributed by atoms with van der Waals surface area (Å²) in [5.41, 5.74) is 2.24. The topological polar surface area (TPSA) is 0 Å². The highest BCUT2D eigenvalue weighted by atomic mass is 28.3. The van der Waals surface area contributed by atoms with Crippen molar-refractivity contribution >= 4 is 8.07 Å². The molecule has 0 aromatic heterocycles. The fourth-order valence-corrected chi connectivity index (χ4v) is 7.82. The van der Waals surface area contributed by atoms with Crippen LogP contribution in [0.2, 0.25) is 24.2 Å². The zero-order chi connectivity index (χ0) is 9.19. The lowest BCUT2D eigenvalue weighted by atomic mass is 10.1. The van der Waals surface area contributed by atoms with Gasteiger partial charge in [-0.2, -0.15) is 0 Å². The maximum atomic E-state index is 2.62. The molecule has 0 nitrogen and oxygen atoms in total. The molecule has 12 heavy (non-hydrogen) atoms. The molecule has 1 heterocycles. The lowest BCUT2D eigenvalue weighted by molar-refractivity contribution is 0.523. The van der Waals surface area contributed by atoms with Crippen molar-refractivity contribution in [3.05, 3.63) is 0 Å². The summed E-state index contributed by atoms with van der Waals surface area (Å²) in [6, 6.07) is 0. The normalized spacial score (nSPS) is 35.0. The van der Waals surface area contributed by atoms with E-state index in [9.17, 15) is 0 Å². The van der Waals surface area contributed by atoms with Crippen LogP contribution in [0.25, 0.3) is 0 Å². The first-order valence-electron chi connectivity index (χ1n) is 5.62. The molecule has 0 aromatic rings. The van der Waals surface area contributed by atoms with Gasteiger partial charge < -0.3 is 0 Å². The molecule has 1 aliphatic rings. The third-order valence-electron chi connectivity index (χ3n) is 4.20. The summed E-state index contributed by atoms with van der Waals surface area (Å²) in [5, 5.41) is 0. The molecular formula is C11H24Si. The lowest BCUT2D eigenvalue weighted by Crippen LogP contribution is -2.40. The van der Waals surface area contributed by atoms with Crippen molar-refractivity contribution in [3.8, 4) is 0 Å². The van der Waals surface area contributed by atoms with Crippen LogP contribution in [-0.2, 0) is 0 Å². The van der Waals surface area contributed by atoms with Crippen LogP contribution in [0.4, 0.5) is 0 Å². The lowest BCUT2D eigenvalue weighted by Gasteiger charge is -2.43. The molecule has 1 aliphatic heterocycles. The third kappa shape index (κ3) is 1.76. The Morgan fingerprint density at radius 1 is 1.00 bits per heavy atom. The molecular weight excluding hydrogens is 160 g/mol. The smallest absolute Gasteiger partial charge is 0.0535 e. The summed E-state index contributed by atoms with van der Waals surface area (Å²) < 4.78 is 0. The molecule has 0 aromatic carbocycles. The molecule has 2 unspecified atom stereocenters. The van der Waals surface area contributed by atoms with Gasteiger partial charge in [-0.15, -0.1) is 0 Å². The van der Waals surface area contributed by atoms with Crippen LogP contribution in [0.15, 0.2) is 0 Å². The Labute approximate surface area is 78.8 Å². The predicted octanol–water partition coefficient (Wildman–Crippen LogP) is 4.44. The maximum absolute atomic E-state index is 2.62. The molecule has 1 fully saturated rings. The second kappa shape index (κ2) is 3.95. The molecule has 0 spiro atoms. The average molecular weight is 184 g/mol. The Morgan fingerprint density at radius 3 is 1.75 bits per heavy atom. The predicted molar refractivity (Wildman–Crippen MR) is 59.4 cm³/mol. The zero-order valence-corrected chi connectivity index (χ0v) is 10.2. The highest BCUT2D eigenvalue weighted by Crippen LogP contribution is 2.47. The summed E-state index contributed by atoms with van der Waals surface area (Å²) in [5.74, 6) is 0. The minimum atomic E-state index is -0.849. The van der Waals surface area contributed by atoms with Gasteiger partial charge >= 0.3 is 0 Å². The molecule has 0 aliphatic carbocycles. The first-order valence-corrected chi connectivity index (χ1v) is 8.78. The first-order chi connectivity index (χ1) is 5.62. The van der Waals surface area contributed by atoms with Crippen molar-refractivity contribution in [1.82, 2.24) is 0 Å². The van der Waals surface area contributed by atoms with Crippen molar-refractivity contribution < 1.29 is 0 Å². The molecule has 0 N–H and O–H groups in total. The van der Waals surface area contributed by atoms with Gasteiger partial charge in [0.25, 0.3) is 0 Å². The third-order valence-corrected chi connectivity index (χ3v) is 9.80. The van der Waals surface area contributed by atoms with E-state index in [1.54, 1.807) is 0 Å². The zero-order valence-electron chi connectivity index (χ0n) is 9.19. The fraction of sp³-hybridized carbons (Fsp3) is 1.00. The summed E-state index contributed by atoms with van der Waals surface area (Å²) in [6.45, 7) is 10.0.